The molecule has 0 radical (unpaired) electrons. The van der Waals surface area contributed by atoms with E-state index in [9.17, 15) is 0 Å². The Bertz CT molecular complexity index is 773. The predicted molar refractivity (Wildman–Crippen MR) is 107 cm³/mol. The molecular weight excluding hydrogens is 338 g/mol. The molecule has 144 valence electrons. The SMILES string of the molecule is CCN1CCN(c2ncc3c(n2)CCN(Cc2cccc(OC)c2)C3)CC1. The molecule has 0 spiro atoms. The molecule has 6 heteroatoms. The first-order valence-corrected chi connectivity index (χ1v) is 9.92. The van der Waals surface area contributed by atoms with Gasteiger partial charge in [0.2, 0.25) is 5.95 Å². The third kappa shape index (κ3) is 4.22. The number of hydrogen-bond acceptors (Lipinski definition) is 6. The normalized spacial score (nSPS) is 18.4. The number of rotatable bonds is 5. The zero-order valence-electron chi connectivity index (χ0n) is 16.4. The van der Waals surface area contributed by atoms with E-state index in [-0.39, 0.29) is 0 Å². The highest BCUT2D eigenvalue weighted by Gasteiger charge is 2.22. The first-order valence-electron chi connectivity index (χ1n) is 9.92. The minimum atomic E-state index is 0.908. The Morgan fingerprint density at radius 1 is 1.07 bits per heavy atom. The molecular formula is C21H29N5O. The molecule has 1 aromatic heterocycles. The number of likely N-dealkylation sites (N-methyl/N-ethyl adjacent to an activating group) is 1. The van der Waals surface area contributed by atoms with Gasteiger partial charge < -0.3 is 14.5 Å². The summed E-state index contributed by atoms with van der Waals surface area (Å²) in [7, 11) is 1.72. The number of piperazine rings is 1. The highest BCUT2D eigenvalue weighted by molar-refractivity contribution is 5.35. The Labute approximate surface area is 161 Å². The van der Waals surface area contributed by atoms with Crippen LogP contribution in [0, 0.1) is 0 Å². The fourth-order valence-electron chi connectivity index (χ4n) is 3.94. The molecule has 0 unspecified atom stereocenters. The number of hydrogen-bond donors (Lipinski definition) is 0. The highest BCUT2D eigenvalue weighted by Crippen LogP contribution is 2.22. The lowest BCUT2D eigenvalue weighted by molar-refractivity contribution is 0.242. The lowest BCUT2D eigenvalue weighted by atomic mass is 10.1. The second-order valence-corrected chi connectivity index (χ2v) is 7.38. The van der Waals surface area contributed by atoms with Gasteiger partial charge in [-0.05, 0) is 24.2 Å². The van der Waals surface area contributed by atoms with Crippen LogP contribution < -0.4 is 9.64 Å². The van der Waals surface area contributed by atoms with E-state index in [1.165, 1.54) is 16.8 Å². The van der Waals surface area contributed by atoms with Crippen molar-refractivity contribution < 1.29 is 4.74 Å². The summed E-state index contributed by atoms with van der Waals surface area (Å²) in [5, 5.41) is 0. The van der Waals surface area contributed by atoms with Crippen molar-refractivity contribution in [3.8, 4) is 5.75 Å². The van der Waals surface area contributed by atoms with E-state index in [1.54, 1.807) is 7.11 Å². The highest BCUT2D eigenvalue weighted by atomic mass is 16.5. The van der Waals surface area contributed by atoms with Gasteiger partial charge in [0, 0.05) is 64.0 Å². The van der Waals surface area contributed by atoms with Gasteiger partial charge in [0.15, 0.2) is 0 Å². The van der Waals surface area contributed by atoms with Crippen LogP contribution in [-0.2, 0) is 19.5 Å². The van der Waals surface area contributed by atoms with Gasteiger partial charge in [-0.2, -0.15) is 0 Å². The number of benzene rings is 1. The van der Waals surface area contributed by atoms with E-state index in [0.29, 0.717) is 0 Å². The number of anilines is 1. The van der Waals surface area contributed by atoms with Gasteiger partial charge in [-0.3, -0.25) is 4.90 Å². The van der Waals surface area contributed by atoms with Crippen LogP contribution in [0.2, 0.25) is 0 Å². The fraction of sp³-hybridized carbons (Fsp3) is 0.524. The zero-order chi connectivity index (χ0) is 18.6. The predicted octanol–water partition coefficient (Wildman–Crippen LogP) is 2.19. The van der Waals surface area contributed by atoms with Crippen molar-refractivity contribution in [1.29, 1.82) is 0 Å². The lowest BCUT2D eigenvalue weighted by Gasteiger charge is -2.35. The molecule has 0 N–H and O–H groups in total. The average Bonchev–Trinajstić information content (AvgIpc) is 2.73. The van der Waals surface area contributed by atoms with Gasteiger partial charge in [0.1, 0.15) is 5.75 Å². The summed E-state index contributed by atoms with van der Waals surface area (Å²) in [5.74, 6) is 1.83. The van der Waals surface area contributed by atoms with Crippen LogP contribution in [0.15, 0.2) is 30.5 Å². The van der Waals surface area contributed by atoms with Crippen LogP contribution in [-0.4, -0.2) is 66.1 Å². The summed E-state index contributed by atoms with van der Waals surface area (Å²) < 4.78 is 5.34. The van der Waals surface area contributed by atoms with E-state index in [2.05, 4.69) is 44.8 Å². The fourth-order valence-corrected chi connectivity index (χ4v) is 3.94. The minimum absolute atomic E-state index is 0.908. The first-order chi connectivity index (χ1) is 13.2. The Kier molecular flexibility index (Phi) is 5.55. The van der Waals surface area contributed by atoms with E-state index < -0.39 is 0 Å². The standard InChI is InChI=1S/C21H29N5O/c1-3-24-9-11-26(12-10-24)21-22-14-18-16-25(8-7-20(18)23-21)15-17-5-4-6-19(13-17)27-2/h4-6,13-14H,3,7-12,15-16H2,1-2H3. The smallest absolute Gasteiger partial charge is 0.225 e. The van der Waals surface area contributed by atoms with Gasteiger partial charge in [-0.1, -0.05) is 19.1 Å². The molecule has 6 nitrogen and oxygen atoms in total. The van der Waals surface area contributed by atoms with Gasteiger partial charge in [0.25, 0.3) is 0 Å². The lowest BCUT2D eigenvalue weighted by Crippen LogP contribution is -2.47. The maximum atomic E-state index is 5.34. The van der Waals surface area contributed by atoms with Gasteiger partial charge in [0.05, 0.1) is 12.8 Å². The number of nitrogens with zero attached hydrogens (tertiary/aromatic N) is 5. The Hall–Kier alpha value is -2.18. The van der Waals surface area contributed by atoms with E-state index in [0.717, 1.165) is 70.5 Å². The molecule has 2 aromatic rings. The average molecular weight is 367 g/mol. The molecule has 1 saturated heterocycles. The Morgan fingerprint density at radius 3 is 2.70 bits per heavy atom. The molecule has 1 fully saturated rings. The van der Waals surface area contributed by atoms with Crippen molar-refractivity contribution in [3.05, 3.63) is 47.3 Å². The van der Waals surface area contributed by atoms with E-state index in [1.807, 2.05) is 12.3 Å². The third-order valence-corrected chi connectivity index (χ3v) is 5.64. The van der Waals surface area contributed by atoms with Crippen LogP contribution in [0.1, 0.15) is 23.7 Å². The topological polar surface area (TPSA) is 44.7 Å². The maximum absolute atomic E-state index is 5.34. The number of aromatic nitrogens is 2. The molecule has 2 aliphatic rings. The van der Waals surface area contributed by atoms with Crippen LogP contribution in [0.5, 0.6) is 5.75 Å². The molecule has 0 saturated carbocycles. The summed E-state index contributed by atoms with van der Waals surface area (Å²) in [6, 6.07) is 8.32. The first kappa shape index (κ1) is 18.2. The van der Waals surface area contributed by atoms with E-state index >= 15 is 0 Å². The number of methoxy groups -OCH3 is 1. The number of fused-ring (bicyclic) bond motifs is 1. The summed E-state index contributed by atoms with van der Waals surface area (Å²) in [6.07, 6.45) is 3.03. The van der Waals surface area contributed by atoms with Crippen molar-refractivity contribution in [3.63, 3.8) is 0 Å². The van der Waals surface area contributed by atoms with Crippen molar-refractivity contribution >= 4 is 5.95 Å². The minimum Gasteiger partial charge on any atom is -0.497 e. The van der Waals surface area contributed by atoms with Crippen LogP contribution in [0.3, 0.4) is 0 Å². The molecule has 3 heterocycles. The molecule has 27 heavy (non-hydrogen) atoms. The van der Waals surface area contributed by atoms with Crippen LogP contribution in [0.25, 0.3) is 0 Å². The quantitative estimate of drug-likeness (QED) is 0.807. The molecule has 0 atom stereocenters. The molecule has 0 aliphatic carbocycles. The molecule has 0 amide bonds. The van der Waals surface area contributed by atoms with E-state index in [4.69, 9.17) is 9.72 Å². The summed E-state index contributed by atoms with van der Waals surface area (Å²) in [5.41, 5.74) is 3.77. The third-order valence-electron chi connectivity index (χ3n) is 5.64. The van der Waals surface area contributed by atoms with Gasteiger partial charge in [-0.25, -0.2) is 9.97 Å². The summed E-state index contributed by atoms with van der Waals surface area (Å²) >= 11 is 0. The Balaban J connectivity index is 1.40. The molecule has 1 aromatic carbocycles. The van der Waals surface area contributed by atoms with Crippen LogP contribution >= 0.6 is 0 Å². The van der Waals surface area contributed by atoms with Crippen molar-refractivity contribution in [2.75, 3.05) is 51.3 Å². The van der Waals surface area contributed by atoms with Crippen LogP contribution in [0.4, 0.5) is 5.95 Å². The summed E-state index contributed by atoms with van der Waals surface area (Å²) in [6.45, 7) is 10.5. The summed E-state index contributed by atoms with van der Waals surface area (Å²) in [4.78, 5) is 16.9. The maximum Gasteiger partial charge on any atom is 0.225 e. The largest absolute Gasteiger partial charge is 0.497 e. The van der Waals surface area contributed by atoms with Crippen molar-refractivity contribution in [2.45, 2.75) is 26.4 Å². The molecule has 0 bridgehead atoms. The van der Waals surface area contributed by atoms with Crippen molar-refractivity contribution in [2.24, 2.45) is 0 Å². The second kappa shape index (κ2) is 8.23. The Morgan fingerprint density at radius 2 is 1.93 bits per heavy atom. The number of ether oxygens (including phenoxy) is 1. The van der Waals surface area contributed by atoms with Gasteiger partial charge in [-0.15, -0.1) is 0 Å². The monoisotopic (exact) mass is 367 g/mol. The zero-order valence-corrected chi connectivity index (χ0v) is 16.4. The molecule has 4 rings (SSSR count). The van der Waals surface area contributed by atoms with Crippen molar-refractivity contribution in [1.82, 2.24) is 19.8 Å². The molecule has 2 aliphatic heterocycles. The second-order valence-electron chi connectivity index (χ2n) is 7.38. The van der Waals surface area contributed by atoms with Gasteiger partial charge >= 0.3 is 0 Å².